The van der Waals surface area contributed by atoms with Crippen LogP contribution < -0.4 is 5.73 Å². The Balaban J connectivity index is 2.29. The van der Waals surface area contributed by atoms with E-state index in [0.717, 1.165) is 37.2 Å². The minimum absolute atomic E-state index is 0.0138. The third-order valence-electron chi connectivity index (χ3n) is 2.54. The number of rotatable bonds is 3. The zero-order valence-electron chi connectivity index (χ0n) is 7.75. The molecule has 3 heteroatoms. The van der Waals surface area contributed by atoms with E-state index >= 15 is 0 Å². The molecule has 1 fully saturated rings. The van der Waals surface area contributed by atoms with E-state index in [1.807, 2.05) is 11.8 Å². The van der Waals surface area contributed by atoms with Crippen LogP contribution in [0.2, 0.25) is 0 Å². The molecule has 1 saturated carbocycles. The molecule has 0 aromatic heterocycles. The second kappa shape index (κ2) is 4.49. The van der Waals surface area contributed by atoms with Crippen molar-refractivity contribution in [2.75, 3.05) is 11.5 Å². The quantitative estimate of drug-likeness (QED) is 0.705. The second-order valence-electron chi connectivity index (χ2n) is 3.73. The molecule has 72 valence electrons. The van der Waals surface area contributed by atoms with Crippen LogP contribution in [0.5, 0.6) is 0 Å². The van der Waals surface area contributed by atoms with Crippen LogP contribution in [0.15, 0.2) is 0 Å². The van der Waals surface area contributed by atoms with Crippen LogP contribution in [-0.2, 0) is 0 Å². The fraction of sp³-hybridized carbons (Fsp3) is 1.00. The molecule has 0 saturated heterocycles. The maximum Gasteiger partial charge on any atom is 0.0541 e. The molecule has 0 spiro atoms. The van der Waals surface area contributed by atoms with E-state index in [1.165, 1.54) is 0 Å². The van der Waals surface area contributed by atoms with Crippen LogP contribution >= 0.6 is 11.8 Å². The summed E-state index contributed by atoms with van der Waals surface area (Å²) < 4.78 is 0. The van der Waals surface area contributed by atoms with Crippen LogP contribution in [0.3, 0.4) is 0 Å². The van der Waals surface area contributed by atoms with Crippen LogP contribution in [0.25, 0.3) is 0 Å². The van der Waals surface area contributed by atoms with Gasteiger partial charge in [-0.3, -0.25) is 0 Å². The molecule has 0 unspecified atom stereocenters. The maximum atomic E-state index is 9.30. The topological polar surface area (TPSA) is 46.2 Å². The van der Waals surface area contributed by atoms with Crippen molar-refractivity contribution in [3.8, 4) is 0 Å². The van der Waals surface area contributed by atoms with Crippen molar-refractivity contribution in [3.63, 3.8) is 0 Å². The molecule has 1 aliphatic carbocycles. The summed E-state index contributed by atoms with van der Waals surface area (Å²) in [4.78, 5) is 0. The van der Waals surface area contributed by atoms with Gasteiger partial charge in [-0.1, -0.05) is 6.92 Å². The Kier molecular flexibility index (Phi) is 3.87. The van der Waals surface area contributed by atoms with Gasteiger partial charge in [-0.15, -0.1) is 0 Å². The minimum atomic E-state index is -0.0895. The van der Waals surface area contributed by atoms with Crippen molar-refractivity contribution in [3.05, 3.63) is 0 Å². The van der Waals surface area contributed by atoms with Crippen molar-refractivity contribution >= 4 is 11.8 Å². The average Bonchev–Trinajstić information content (AvgIpc) is 2.08. The lowest BCUT2D eigenvalue weighted by atomic mass is 9.83. The molecule has 1 aliphatic rings. The fourth-order valence-electron chi connectivity index (χ4n) is 1.63. The number of aliphatic hydroxyl groups excluding tert-OH is 1. The Bertz CT molecular complexity index is 127. The van der Waals surface area contributed by atoms with Gasteiger partial charge >= 0.3 is 0 Å². The minimum Gasteiger partial charge on any atom is -0.393 e. The summed E-state index contributed by atoms with van der Waals surface area (Å²) in [7, 11) is 0. The van der Waals surface area contributed by atoms with Crippen molar-refractivity contribution < 1.29 is 5.11 Å². The Hall–Kier alpha value is 0.270. The lowest BCUT2D eigenvalue weighted by Crippen LogP contribution is -2.46. The molecule has 0 aromatic carbocycles. The molecule has 0 radical (unpaired) electrons. The predicted molar refractivity (Wildman–Crippen MR) is 54.4 cm³/mol. The van der Waals surface area contributed by atoms with E-state index in [0.29, 0.717) is 0 Å². The van der Waals surface area contributed by atoms with E-state index < -0.39 is 0 Å². The van der Waals surface area contributed by atoms with Gasteiger partial charge in [-0.25, -0.2) is 0 Å². The molecule has 2 nitrogen and oxygen atoms in total. The first-order valence-electron chi connectivity index (χ1n) is 4.71. The monoisotopic (exact) mass is 189 g/mol. The van der Waals surface area contributed by atoms with Gasteiger partial charge < -0.3 is 10.8 Å². The zero-order valence-corrected chi connectivity index (χ0v) is 8.57. The molecule has 0 aliphatic heterocycles. The summed E-state index contributed by atoms with van der Waals surface area (Å²) in [6.45, 7) is 2.16. The summed E-state index contributed by atoms with van der Waals surface area (Å²) in [5, 5.41) is 9.30. The number of thioether (sulfide) groups is 1. The zero-order chi connectivity index (χ0) is 9.03. The first kappa shape index (κ1) is 10.4. The largest absolute Gasteiger partial charge is 0.393 e. The molecule has 0 amide bonds. The van der Waals surface area contributed by atoms with Crippen LogP contribution in [0.1, 0.15) is 32.6 Å². The molecular formula is C9H19NOS. The molecule has 0 atom stereocenters. The average molecular weight is 189 g/mol. The molecule has 3 N–H and O–H groups in total. The van der Waals surface area contributed by atoms with Crippen molar-refractivity contribution in [2.24, 2.45) is 5.73 Å². The van der Waals surface area contributed by atoms with Crippen molar-refractivity contribution in [1.29, 1.82) is 0 Å². The molecule has 1 rings (SSSR count). The molecule has 12 heavy (non-hydrogen) atoms. The highest BCUT2D eigenvalue weighted by Crippen LogP contribution is 2.29. The number of hydrogen-bond donors (Lipinski definition) is 2. The number of aliphatic hydroxyl groups is 1. The smallest absolute Gasteiger partial charge is 0.0541 e. The van der Waals surface area contributed by atoms with Crippen molar-refractivity contribution in [2.45, 2.75) is 44.2 Å². The lowest BCUT2D eigenvalue weighted by molar-refractivity contribution is 0.104. The number of nitrogens with two attached hydrogens (primary N) is 1. The Labute approximate surface area is 78.9 Å². The van der Waals surface area contributed by atoms with Gasteiger partial charge in [0.25, 0.3) is 0 Å². The standard InChI is InChI=1S/C9H19NOS/c1-2-12-7-9(10)5-3-8(11)4-6-9/h8,11H,2-7,10H2,1H3. The first-order valence-corrected chi connectivity index (χ1v) is 5.86. The summed E-state index contributed by atoms with van der Waals surface area (Å²) in [6.07, 6.45) is 3.66. The molecule has 0 bridgehead atoms. The van der Waals surface area contributed by atoms with E-state index in [4.69, 9.17) is 5.73 Å². The Morgan fingerprint density at radius 1 is 1.50 bits per heavy atom. The van der Waals surface area contributed by atoms with Gasteiger partial charge in [0.2, 0.25) is 0 Å². The predicted octanol–water partition coefficient (Wildman–Crippen LogP) is 1.37. The van der Waals surface area contributed by atoms with Crippen LogP contribution in [0.4, 0.5) is 0 Å². The fourth-order valence-corrected chi connectivity index (χ4v) is 2.53. The summed E-state index contributed by atoms with van der Waals surface area (Å²) >= 11 is 1.91. The maximum absolute atomic E-state index is 9.30. The van der Waals surface area contributed by atoms with Gasteiger partial charge in [0.15, 0.2) is 0 Å². The summed E-state index contributed by atoms with van der Waals surface area (Å²) in [5.74, 6) is 2.19. The SMILES string of the molecule is CCSCC1(N)CCC(O)CC1. The first-order chi connectivity index (χ1) is 5.66. The summed E-state index contributed by atoms with van der Waals surface area (Å²) in [5.41, 5.74) is 6.19. The highest BCUT2D eigenvalue weighted by molar-refractivity contribution is 7.99. The lowest BCUT2D eigenvalue weighted by Gasteiger charge is -2.35. The van der Waals surface area contributed by atoms with Crippen LogP contribution in [-0.4, -0.2) is 28.3 Å². The highest BCUT2D eigenvalue weighted by Gasteiger charge is 2.30. The molecule has 0 heterocycles. The van der Waals surface area contributed by atoms with Gasteiger partial charge in [0.05, 0.1) is 6.10 Å². The normalized spacial score (nSPS) is 36.8. The van der Waals surface area contributed by atoms with Gasteiger partial charge in [-0.2, -0.15) is 11.8 Å². The van der Waals surface area contributed by atoms with Crippen molar-refractivity contribution in [1.82, 2.24) is 0 Å². The van der Waals surface area contributed by atoms with E-state index in [1.54, 1.807) is 0 Å². The number of hydrogen-bond acceptors (Lipinski definition) is 3. The highest BCUT2D eigenvalue weighted by atomic mass is 32.2. The Morgan fingerprint density at radius 3 is 2.58 bits per heavy atom. The third kappa shape index (κ3) is 2.96. The van der Waals surface area contributed by atoms with Gasteiger partial charge in [0.1, 0.15) is 0 Å². The summed E-state index contributed by atoms with van der Waals surface area (Å²) in [6, 6.07) is 0. The third-order valence-corrected chi connectivity index (χ3v) is 3.73. The van der Waals surface area contributed by atoms with Gasteiger partial charge in [-0.05, 0) is 31.4 Å². The Morgan fingerprint density at radius 2 is 2.08 bits per heavy atom. The van der Waals surface area contributed by atoms with E-state index in [2.05, 4.69) is 6.92 Å². The second-order valence-corrected chi connectivity index (χ2v) is 5.00. The molecular weight excluding hydrogens is 170 g/mol. The van der Waals surface area contributed by atoms with E-state index in [-0.39, 0.29) is 11.6 Å². The van der Waals surface area contributed by atoms with Gasteiger partial charge in [0, 0.05) is 11.3 Å². The van der Waals surface area contributed by atoms with E-state index in [9.17, 15) is 5.11 Å². The molecule has 0 aromatic rings. The van der Waals surface area contributed by atoms with Crippen LogP contribution in [0, 0.1) is 0 Å².